The third-order valence-corrected chi connectivity index (χ3v) is 3.58. The number of hydrogen-bond acceptors (Lipinski definition) is 4. The van der Waals surface area contributed by atoms with Crippen LogP contribution in [0.25, 0.3) is 0 Å². The first-order valence-electron chi connectivity index (χ1n) is 5.16. The second kappa shape index (κ2) is 5.71. The first-order valence-corrected chi connectivity index (χ1v) is 7.60. The van der Waals surface area contributed by atoms with E-state index < -0.39 is 9.84 Å². The molecule has 4 nitrogen and oxygen atoms in total. The Morgan fingerprint density at radius 2 is 2.12 bits per heavy atom. The van der Waals surface area contributed by atoms with E-state index >= 15 is 0 Å². The number of nitrogens with one attached hydrogen (secondary N) is 1. The average Bonchev–Trinajstić information content (AvgIpc) is 2.17. The summed E-state index contributed by atoms with van der Waals surface area (Å²) in [4.78, 5) is 0. The van der Waals surface area contributed by atoms with E-state index in [9.17, 15) is 13.5 Å². The lowest BCUT2D eigenvalue weighted by atomic mass is 10.2. The zero-order chi connectivity index (χ0) is 13.1. The van der Waals surface area contributed by atoms with Crippen molar-refractivity contribution in [3.63, 3.8) is 0 Å². The molecule has 0 spiro atoms. The van der Waals surface area contributed by atoms with Crippen molar-refractivity contribution in [3.8, 4) is 5.75 Å². The van der Waals surface area contributed by atoms with Gasteiger partial charge in [0.05, 0.1) is 5.75 Å². The molecule has 1 rings (SSSR count). The van der Waals surface area contributed by atoms with E-state index in [0.29, 0.717) is 17.1 Å². The van der Waals surface area contributed by atoms with Gasteiger partial charge in [0.1, 0.15) is 15.6 Å². The number of rotatable bonds is 5. The smallest absolute Gasteiger partial charge is 0.148 e. The second-order valence-electron chi connectivity index (χ2n) is 4.15. The molecular weight excluding hydrogens is 262 g/mol. The number of aromatic hydroxyl groups is 1. The van der Waals surface area contributed by atoms with Gasteiger partial charge in [-0.3, -0.25) is 0 Å². The molecule has 0 aliphatic heterocycles. The van der Waals surface area contributed by atoms with Crippen LogP contribution in [-0.4, -0.2) is 31.6 Å². The molecule has 1 atom stereocenters. The van der Waals surface area contributed by atoms with Gasteiger partial charge in [-0.25, -0.2) is 8.42 Å². The highest BCUT2D eigenvalue weighted by molar-refractivity contribution is 7.90. The number of sulfone groups is 1. The third kappa shape index (κ3) is 5.39. The molecule has 0 aliphatic carbocycles. The van der Waals surface area contributed by atoms with Crippen LogP contribution >= 0.6 is 11.6 Å². The minimum atomic E-state index is -3.00. The topological polar surface area (TPSA) is 66.4 Å². The summed E-state index contributed by atoms with van der Waals surface area (Å²) in [5.74, 6) is 0.211. The van der Waals surface area contributed by atoms with Gasteiger partial charge >= 0.3 is 0 Å². The van der Waals surface area contributed by atoms with Crippen molar-refractivity contribution in [1.29, 1.82) is 0 Å². The average molecular weight is 278 g/mol. The molecule has 0 aromatic heterocycles. The Balaban J connectivity index is 2.58. The van der Waals surface area contributed by atoms with Gasteiger partial charge in [0, 0.05) is 29.4 Å². The summed E-state index contributed by atoms with van der Waals surface area (Å²) in [6.45, 7) is 2.16. The molecule has 0 heterocycles. The molecule has 0 amide bonds. The van der Waals surface area contributed by atoms with Crippen molar-refractivity contribution in [2.75, 3.05) is 12.0 Å². The molecule has 2 N–H and O–H groups in total. The van der Waals surface area contributed by atoms with E-state index in [4.69, 9.17) is 11.6 Å². The maximum absolute atomic E-state index is 11.1. The van der Waals surface area contributed by atoms with Crippen LogP contribution in [0.15, 0.2) is 18.2 Å². The monoisotopic (exact) mass is 277 g/mol. The van der Waals surface area contributed by atoms with Crippen LogP contribution in [-0.2, 0) is 16.4 Å². The van der Waals surface area contributed by atoms with Crippen molar-refractivity contribution in [1.82, 2.24) is 5.32 Å². The molecule has 0 radical (unpaired) electrons. The number of halogens is 1. The number of benzene rings is 1. The molecule has 96 valence electrons. The number of phenolic OH excluding ortho intramolecular Hbond substituents is 1. The van der Waals surface area contributed by atoms with Crippen molar-refractivity contribution >= 4 is 21.4 Å². The fourth-order valence-electron chi connectivity index (χ4n) is 1.49. The fraction of sp³-hybridized carbons (Fsp3) is 0.455. The minimum absolute atomic E-state index is 0.0638. The Labute approximate surface area is 107 Å². The van der Waals surface area contributed by atoms with Gasteiger partial charge in [0.15, 0.2) is 0 Å². The molecule has 0 saturated carbocycles. The van der Waals surface area contributed by atoms with Gasteiger partial charge in [-0.15, -0.1) is 0 Å². The predicted molar refractivity (Wildman–Crippen MR) is 69.1 cm³/mol. The van der Waals surface area contributed by atoms with E-state index in [-0.39, 0.29) is 17.5 Å². The van der Waals surface area contributed by atoms with Crippen LogP contribution in [0.2, 0.25) is 5.02 Å². The maximum Gasteiger partial charge on any atom is 0.148 e. The van der Waals surface area contributed by atoms with Crippen LogP contribution < -0.4 is 5.32 Å². The van der Waals surface area contributed by atoms with Crippen molar-refractivity contribution in [2.45, 2.75) is 19.5 Å². The first kappa shape index (κ1) is 14.3. The zero-order valence-corrected chi connectivity index (χ0v) is 11.3. The molecular formula is C11H16ClNO3S. The van der Waals surface area contributed by atoms with Crippen molar-refractivity contribution < 1.29 is 13.5 Å². The maximum atomic E-state index is 11.1. The summed E-state index contributed by atoms with van der Waals surface area (Å²) in [5, 5.41) is 13.1. The third-order valence-electron chi connectivity index (χ3n) is 2.24. The van der Waals surface area contributed by atoms with Crippen LogP contribution in [0.5, 0.6) is 5.75 Å². The predicted octanol–water partition coefficient (Wildman–Crippen LogP) is 1.57. The Morgan fingerprint density at radius 3 is 2.71 bits per heavy atom. The van der Waals surface area contributed by atoms with Crippen LogP contribution in [0, 0.1) is 0 Å². The van der Waals surface area contributed by atoms with Gasteiger partial charge in [0.2, 0.25) is 0 Å². The lowest BCUT2D eigenvalue weighted by Gasteiger charge is -2.13. The van der Waals surface area contributed by atoms with E-state index in [2.05, 4.69) is 5.32 Å². The zero-order valence-electron chi connectivity index (χ0n) is 9.77. The van der Waals surface area contributed by atoms with E-state index in [1.165, 1.54) is 12.3 Å². The molecule has 17 heavy (non-hydrogen) atoms. The van der Waals surface area contributed by atoms with Crippen molar-refractivity contribution in [3.05, 3.63) is 28.8 Å². The highest BCUT2D eigenvalue weighted by Gasteiger charge is 2.10. The highest BCUT2D eigenvalue weighted by atomic mass is 35.5. The molecule has 1 aromatic rings. The molecule has 0 aliphatic rings. The Kier molecular flexibility index (Phi) is 4.80. The quantitative estimate of drug-likeness (QED) is 0.857. The van der Waals surface area contributed by atoms with Crippen LogP contribution in [0.1, 0.15) is 12.5 Å². The van der Waals surface area contributed by atoms with E-state index in [1.54, 1.807) is 19.1 Å². The summed E-state index contributed by atoms with van der Waals surface area (Å²) >= 11 is 5.80. The van der Waals surface area contributed by atoms with Gasteiger partial charge in [-0.2, -0.15) is 0 Å². The fourth-order valence-corrected chi connectivity index (χ4v) is 2.71. The normalized spacial score (nSPS) is 13.6. The summed E-state index contributed by atoms with van der Waals surface area (Å²) in [6.07, 6.45) is 1.20. The molecule has 0 saturated heterocycles. The van der Waals surface area contributed by atoms with Gasteiger partial charge in [-0.05, 0) is 25.1 Å². The van der Waals surface area contributed by atoms with Gasteiger partial charge in [-0.1, -0.05) is 11.6 Å². The number of hydrogen-bond donors (Lipinski definition) is 2. The summed E-state index contributed by atoms with van der Waals surface area (Å²) in [6, 6.07) is 4.58. The molecule has 1 unspecified atom stereocenters. The Morgan fingerprint density at radius 1 is 1.47 bits per heavy atom. The lowest BCUT2D eigenvalue weighted by molar-refractivity contribution is 0.461. The minimum Gasteiger partial charge on any atom is -0.508 e. The summed E-state index contributed by atoms with van der Waals surface area (Å²) in [5.41, 5.74) is 0.651. The van der Waals surface area contributed by atoms with Crippen LogP contribution in [0.4, 0.5) is 0 Å². The Hall–Kier alpha value is -0.780. The van der Waals surface area contributed by atoms with Crippen molar-refractivity contribution in [2.24, 2.45) is 0 Å². The van der Waals surface area contributed by atoms with E-state index in [1.807, 2.05) is 0 Å². The summed E-state index contributed by atoms with van der Waals surface area (Å²) < 4.78 is 22.1. The van der Waals surface area contributed by atoms with Gasteiger partial charge < -0.3 is 10.4 Å². The molecule has 0 fully saturated rings. The standard InChI is InChI=1S/C11H16ClNO3S/c1-8(7-17(2,15)16)13-6-9-5-10(12)3-4-11(9)14/h3-5,8,13-14H,6-7H2,1-2H3. The summed E-state index contributed by atoms with van der Waals surface area (Å²) in [7, 11) is -3.00. The van der Waals surface area contributed by atoms with Gasteiger partial charge in [0.25, 0.3) is 0 Å². The first-order chi connectivity index (χ1) is 7.78. The lowest BCUT2D eigenvalue weighted by Crippen LogP contribution is -2.32. The van der Waals surface area contributed by atoms with E-state index in [0.717, 1.165) is 0 Å². The molecule has 0 bridgehead atoms. The highest BCUT2D eigenvalue weighted by Crippen LogP contribution is 2.21. The van der Waals surface area contributed by atoms with Crippen LogP contribution in [0.3, 0.4) is 0 Å². The Bertz CT molecular complexity index is 487. The second-order valence-corrected chi connectivity index (χ2v) is 6.77. The largest absolute Gasteiger partial charge is 0.508 e. The molecule has 1 aromatic carbocycles. The number of phenols is 1. The molecule has 6 heteroatoms. The SMILES string of the molecule is CC(CS(C)(=O)=O)NCc1cc(Cl)ccc1O.